The van der Waals surface area contributed by atoms with Gasteiger partial charge in [-0.25, -0.2) is 4.79 Å². The lowest BCUT2D eigenvalue weighted by atomic mass is 9.92. The minimum atomic E-state index is -0.202. The van der Waals surface area contributed by atoms with Gasteiger partial charge in [0.1, 0.15) is 0 Å². The minimum absolute atomic E-state index is 0.202. The largest absolute Gasteiger partial charge is 0.466 e. The quantitative estimate of drug-likeness (QED) is 0.512. The van der Waals surface area contributed by atoms with E-state index < -0.39 is 0 Å². The van der Waals surface area contributed by atoms with E-state index in [0.717, 1.165) is 24.7 Å². The number of rotatable bonds is 3. The number of esters is 1. The number of hydrogen-bond acceptors (Lipinski definition) is 2. The molecule has 1 aliphatic rings. The van der Waals surface area contributed by atoms with Crippen LogP contribution in [0.1, 0.15) is 39.5 Å². The first kappa shape index (κ1) is 11.3. The summed E-state index contributed by atoms with van der Waals surface area (Å²) >= 11 is 0. The van der Waals surface area contributed by atoms with Crippen LogP contribution in [0.15, 0.2) is 11.6 Å². The van der Waals surface area contributed by atoms with Crippen LogP contribution in [0.25, 0.3) is 0 Å². The van der Waals surface area contributed by atoms with Gasteiger partial charge in [0, 0.05) is 6.08 Å². The Hall–Kier alpha value is -0.790. The summed E-state index contributed by atoms with van der Waals surface area (Å²) in [6.45, 7) is 4.46. The summed E-state index contributed by atoms with van der Waals surface area (Å²) in [4.78, 5) is 11.1. The minimum Gasteiger partial charge on any atom is -0.466 e. The van der Waals surface area contributed by atoms with Crippen molar-refractivity contribution in [3.8, 4) is 0 Å². The Morgan fingerprint density at radius 1 is 1.36 bits per heavy atom. The average Bonchev–Trinajstić information content (AvgIpc) is 2.59. The van der Waals surface area contributed by atoms with Crippen molar-refractivity contribution in [3.05, 3.63) is 11.6 Å². The highest BCUT2D eigenvalue weighted by molar-refractivity contribution is 5.82. The third-order valence-electron chi connectivity index (χ3n) is 3.29. The molecule has 0 N–H and O–H groups in total. The first-order valence-electron chi connectivity index (χ1n) is 5.48. The van der Waals surface area contributed by atoms with E-state index in [1.54, 1.807) is 6.08 Å². The van der Waals surface area contributed by atoms with Crippen molar-refractivity contribution in [2.75, 3.05) is 7.11 Å². The zero-order chi connectivity index (χ0) is 10.6. The zero-order valence-electron chi connectivity index (χ0n) is 9.38. The van der Waals surface area contributed by atoms with Crippen LogP contribution >= 0.6 is 0 Å². The van der Waals surface area contributed by atoms with Gasteiger partial charge in [-0.3, -0.25) is 0 Å². The lowest BCUT2D eigenvalue weighted by Gasteiger charge is -2.13. The van der Waals surface area contributed by atoms with Crippen molar-refractivity contribution < 1.29 is 9.53 Å². The molecule has 1 rings (SSSR count). The molecule has 2 heteroatoms. The van der Waals surface area contributed by atoms with Crippen LogP contribution in [0.5, 0.6) is 0 Å². The molecule has 0 aromatic rings. The fourth-order valence-corrected chi connectivity index (χ4v) is 2.39. The van der Waals surface area contributed by atoms with Crippen LogP contribution in [-0.2, 0) is 9.53 Å². The highest BCUT2D eigenvalue weighted by atomic mass is 16.5. The second-order valence-electron chi connectivity index (χ2n) is 4.07. The predicted molar refractivity (Wildman–Crippen MR) is 56.9 cm³/mol. The molecule has 0 aromatic heterocycles. The van der Waals surface area contributed by atoms with Gasteiger partial charge in [0.05, 0.1) is 7.11 Å². The van der Waals surface area contributed by atoms with E-state index in [1.165, 1.54) is 25.5 Å². The van der Waals surface area contributed by atoms with Gasteiger partial charge in [0.25, 0.3) is 0 Å². The molecule has 1 aliphatic carbocycles. The van der Waals surface area contributed by atoms with Crippen molar-refractivity contribution >= 4 is 5.97 Å². The SMILES string of the molecule is CC[C@H]1CC(=CC(=O)OC)C[C@@H]1CC. The monoisotopic (exact) mass is 196 g/mol. The summed E-state index contributed by atoms with van der Waals surface area (Å²) in [6, 6.07) is 0. The van der Waals surface area contributed by atoms with E-state index in [9.17, 15) is 4.79 Å². The van der Waals surface area contributed by atoms with E-state index >= 15 is 0 Å². The van der Waals surface area contributed by atoms with Crippen molar-refractivity contribution in [1.82, 2.24) is 0 Å². The molecule has 0 amide bonds. The van der Waals surface area contributed by atoms with Crippen molar-refractivity contribution in [1.29, 1.82) is 0 Å². The zero-order valence-corrected chi connectivity index (χ0v) is 9.38. The Bertz CT molecular complexity index is 216. The van der Waals surface area contributed by atoms with Crippen LogP contribution in [0.2, 0.25) is 0 Å². The first-order chi connectivity index (χ1) is 6.71. The summed E-state index contributed by atoms with van der Waals surface area (Å²) in [5.41, 5.74) is 1.27. The Morgan fingerprint density at radius 2 is 1.86 bits per heavy atom. The van der Waals surface area contributed by atoms with E-state index in [1.807, 2.05) is 0 Å². The average molecular weight is 196 g/mol. The molecule has 0 radical (unpaired) electrons. The standard InChI is InChI=1S/C12H20O2/c1-4-10-6-9(7-11(10)5-2)8-12(13)14-3/h8,10-11H,4-7H2,1-3H3/t10-,11-/m0/s1. The Morgan fingerprint density at radius 3 is 2.21 bits per heavy atom. The smallest absolute Gasteiger partial charge is 0.330 e. The summed E-state index contributed by atoms with van der Waals surface area (Å²) in [5.74, 6) is 1.35. The molecule has 0 saturated heterocycles. The number of carbonyl (C=O) groups excluding carboxylic acids is 1. The predicted octanol–water partition coefficient (Wildman–Crippen LogP) is 2.93. The molecule has 1 saturated carbocycles. The van der Waals surface area contributed by atoms with Gasteiger partial charge in [-0.05, 0) is 24.7 Å². The second kappa shape index (κ2) is 5.18. The fraction of sp³-hybridized carbons (Fsp3) is 0.750. The molecule has 0 aromatic carbocycles. The fourth-order valence-electron chi connectivity index (χ4n) is 2.39. The van der Waals surface area contributed by atoms with E-state index in [0.29, 0.717) is 0 Å². The van der Waals surface area contributed by atoms with Gasteiger partial charge in [0.15, 0.2) is 0 Å². The molecule has 0 bridgehead atoms. The van der Waals surface area contributed by atoms with Crippen LogP contribution in [0, 0.1) is 11.8 Å². The van der Waals surface area contributed by atoms with Gasteiger partial charge >= 0.3 is 5.97 Å². The van der Waals surface area contributed by atoms with E-state index in [2.05, 4.69) is 18.6 Å². The summed E-state index contributed by atoms with van der Waals surface area (Å²) < 4.78 is 4.63. The lowest BCUT2D eigenvalue weighted by Crippen LogP contribution is -2.04. The molecule has 14 heavy (non-hydrogen) atoms. The third-order valence-corrected chi connectivity index (χ3v) is 3.29. The Kier molecular flexibility index (Phi) is 4.18. The lowest BCUT2D eigenvalue weighted by molar-refractivity contribution is -0.134. The van der Waals surface area contributed by atoms with E-state index in [-0.39, 0.29) is 5.97 Å². The number of ether oxygens (including phenoxy) is 1. The topological polar surface area (TPSA) is 26.3 Å². The molecule has 2 atom stereocenters. The van der Waals surface area contributed by atoms with Crippen LogP contribution in [0.4, 0.5) is 0 Å². The third kappa shape index (κ3) is 2.60. The molecule has 0 heterocycles. The number of hydrogen-bond donors (Lipinski definition) is 0. The summed E-state index contributed by atoms with van der Waals surface area (Å²) in [6.07, 6.45) is 6.29. The summed E-state index contributed by atoms with van der Waals surface area (Å²) in [5, 5.41) is 0. The van der Waals surface area contributed by atoms with Gasteiger partial charge in [-0.2, -0.15) is 0 Å². The molecule has 2 nitrogen and oxygen atoms in total. The van der Waals surface area contributed by atoms with Gasteiger partial charge in [-0.1, -0.05) is 32.3 Å². The van der Waals surface area contributed by atoms with Gasteiger partial charge < -0.3 is 4.74 Å². The van der Waals surface area contributed by atoms with Crippen LogP contribution in [-0.4, -0.2) is 13.1 Å². The molecular weight excluding hydrogens is 176 g/mol. The maximum Gasteiger partial charge on any atom is 0.330 e. The van der Waals surface area contributed by atoms with Gasteiger partial charge in [-0.15, -0.1) is 0 Å². The highest BCUT2D eigenvalue weighted by Crippen LogP contribution is 2.39. The number of methoxy groups -OCH3 is 1. The molecule has 0 spiro atoms. The maximum absolute atomic E-state index is 11.1. The highest BCUT2D eigenvalue weighted by Gasteiger charge is 2.27. The number of carbonyl (C=O) groups is 1. The molecular formula is C12H20O2. The maximum atomic E-state index is 11.1. The second-order valence-corrected chi connectivity index (χ2v) is 4.07. The van der Waals surface area contributed by atoms with E-state index in [4.69, 9.17) is 0 Å². The van der Waals surface area contributed by atoms with Crippen molar-refractivity contribution in [3.63, 3.8) is 0 Å². The van der Waals surface area contributed by atoms with Crippen molar-refractivity contribution in [2.45, 2.75) is 39.5 Å². The van der Waals surface area contributed by atoms with Crippen LogP contribution in [0.3, 0.4) is 0 Å². The van der Waals surface area contributed by atoms with Crippen molar-refractivity contribution in [2.24, 2.45) is 11.8 Å². The van der Waals surface area contributed by atoms with Crippen LogP contribution < -0.4 is 0 Å². The Balaban J connectivity index is 2.60. The molecule has 1 fully saturated rings. The summed E-state index contributed by atoms with van der Waals surface area (Å²) in [7, 11) is 1.43. The molecule has 0 aliphatic heterocycles. The Labute approximate surface area is 86.3 Å². The van der Waals surface area contributed by atoms with Gasteiger partial charge in [0.2, 0.25) is 0 Å². The molecule has 0 unspecified atom stereocenters. The first-order valence-corrected chi connectivity index (χ1v) is 5.48. The molecule has 80 valence electrons. The number of allylic oxidation sites excluding steroid dienone is 1. The normalized spacial score (nSPS) is 26.4.